The first-order valence-corrected chi connectivity index (χ1v) is 6.47. The Kier molecular flexibility index (Phi) is 5.19. The molecule has 0 aliphatic rings. The molecule has 1 rings (SSSR count). The molecule has 0 aromatic carbocycles. The average Bonchev–Trinajstić information content (AvgIpc) is 2.50. The third kappa shape index (κ3) is 5.23. The number of aliphatic hydroxyl groups excluding tert-OH is 1. The molecule has 4 heteroatoms. The largest absolute Gasteiger partial charge is 0.392 e. The minimum Gasteiger partial charge on any atom is -0.392 e. The molecule has 1 aromatic rings. The van der Waals surface area contributed by atoms with Gasteiger partial charge in [0.2, 0.25) is 0 Å². The molecule has 0 aliphatic carbocycles. The number of hydrogen-bond acceptors (Lipinski definition) is 3. The van der Waals surface area contributed by atoms with Crippen LogP contribution in [0.1, 0.15) is 19.5 Å². The van der Waals surface area contributed by atoms with Crippen molar-refractivity contribution in [2.45, 2.75) is 26.4 Å². The zero-order chi connectivity index (χ0) is 11.3. The van der Waals surface area contributed by atoms with Gasteiger partial charge < -0.3 is 5.11 Å². The van der Waals surface area contributed by atoms with Crippen LogP contribution in [0.4, 0.5) is 0 Å². The fraction of sp³-hybridized carbons (Fsp3) is 0.727. The predicted molar refractivity (Wildman–Crippen MR) is 65.1 cm³/mol. The van der Waals surface area contributed by atoms with Crippen molar-refractivity contribution < 1.29 is 5.11 Å². The summed E-state index contributed by atoms with van der Waals surface area (Å²) in [4.78, 5) is 0. The maximum atomic E-state index is 9.75. The summed E-state index contributed by atoms with van der Waals surface area (Å²) in [6.07, 6.45) is 2.29. The lowest BCUT2D eigenvalue weighted by atomic mass is 10.2. The first-order chi connectivity index (χ1) is 7.08. The molecule has 86 valence electrons. The van der Waals surface area contributed by atoms with E-state index >= 15 is 0 Å². The van der Waals surface area contributed by atoms with E-state index < -0.39 is 0 Å². The van der Waals surface area contributed by atoms with E-state index in [2.05, 4.69) is 18.9 Å². The molecule has 15 heavy (non-hydrogen) atoms. The van der Waals surface area contributed by atoms with Crippen LogP contribution in [0.3, 0.4) is 0 Å². The summed E-state index contributed by atoms with van der Waals surface area (Å²) in [7, 11) is 1.89. The molecule has 3 nitrogen and oxygen atoms in total. The van der Waals surface area contributed by atoms with Crippen LogP contribution in [0.2, 0.25) is 0 Å². The molecule has 1 heterocycles. The summed E-state index contributed by atoms with van der Waals surface area (Å²) in [5.41, 5.74) is 0.968. The fourth-order valence-corrected chi connectivity index (χ4v) is 2.31. The van der Waals surface area contributed by atoms with Crippen LogP contribution in [-0.4, -0.2) is 32.5 Å². The summed E-state index contributed by atoms with van der Waals surface area (Å²) in [6.45, 7) is 4.39. The van der Waals surface area contributed by atoms with Gasteiger partial charge in [-0.15, -0.1) is 0 Å². The molecule has 0 saturated carbocycles. The minimum absolute atomic E-state index is 0.274. The van der Waals surface area contributed by atoms with Crippen molar-refractivity contribution in [3.05, 3.63) is 18.0 Å². The van der Waals surface area contributed by atoms with Crippen molar-refractivity contribution in [1.29, 1.82) is 0 Å². The Morgan fingerprint density at radius 2 is 2.20 bits per heavy atom. The number of thioether (sulfide) groups is 1. The Morgan fingerprint density at radius 1 is 1.47 bits per heavy atom. The van der Waals surface area contributed by atoms with Crippen molar-refractivity contribution in [2.75, 3.05) is 11.5 Å². The number of hydrogen-bond donors (Lipinski definition) is 1. The SMILES string of the molecule is CC(C)CSCC(O)Cc1ccn(C)n1. The number of aromatic nitrogens is 2. The molecule has 1 N–H and O–H groups in total. The quantitative estimate of drug-likeness (QED) is 0.805. The van der Waals surface area contributed by atoms with Crippen molar-refractivity contribution in [2.24, 2.45) is 13.0 Å². The summed E-state index contributed by atoms with van der Waals surface area (Å²) >= 11 is 1.81. The third-order valence-electron chi connectivity index (χ3n) is 1.98. The smallest absolute Gasteiger partial charge is 0.0686 e. The van der Waals surface area contributed by atoms with Gasteiger partial charge in [0.05, 0.1) is 11.8 Å². The molecule has 1 unspecified atom stereocenters. The van der Waals surface area contributed by atoms with E-state index in [1.807, 2.05) is 31.1 Å². The molecular weight excluding hydrogens is 208 g/mol. The summed E-state index contributed by atoms with van der Waals surface area (Å²) in [6, 6.07) is 1.95. The van der Waals surface area contributed by atoms with E-state index in [9.17, 15) is 5.11 Å². The van der Waals surface area contributed by atoms with Gasteiger partial charge in [-0.05, 0) is 17.7 Å². The maximum absolute atomic E-state index is 9.75. The standard InChI is InChI=1S/C11H20N2OS/c1-9(2)7-15-8-11(14)6-10-4-5-13(3)12-10/h4-5,9,11,14H,6-8H2,1-3H3. The molecule has 0 fully saturated rings. The van der Waals surface area contributed by atoms with Gasteiger partial charge in [-0.1, -0.05) is 13.8 Å². The Morgan fingerprint density at radius 3 is 2.73 bits per heavy atom. The summed E-state index contributed by atoms with van der Waals surface area (Å²) in [5, 5.41) is 14.0. The van der Waals surface area contributed by atoms with Crippen molar-refractivity contribution >= 4 is 11.8 Å². The van der Waals surface area contributed by atoms with Gasteiger partial charge in [0.25, 0.3) is 0 Å². The molecular formula is C11H20N2OS. The normalized spacial score (nSPS) is 13.4. The number of aryl methyl sites for hydroxylation is 1. The van der Waals surface area contributed by atoms with E-state index in [0.717, 1.165) is 17.2 Å². The van der Waals surface area contributed by atoms with E-state index in [4.69, 9.17) is 0 Å². The van der Waals surface area contributed by atoms with Gasteiger partial charge in [0, 0.05) is 25.4 Å². The monoisotopic (exact) mass is 228 g/mol. The lowest BCUT2D eigenvalue weighted by Crippen LogP contribution is -2.15. The first kappa shape index (κ1) is 12.6. The fourth-order valence-electron chi connectivity index (χ4n) is 1.31. The van der Waals surface area contributed by atoms with Gasteiger partial charge in [-0.2, -0.15) is 16.9 Å². The number of aliphatic hydroxyl groups is 1. The van der Waals surface area contributed by atoms with Crippen LogP contribution in [-0.2, 0) is 13.5 Å². The van der Waals surface area contributed by atoms with Crippen LogP contribution >= 0.6 is 11.8 Å². The van der Waals surface area contributed by atoms with E-state index in [0.29, 0.717) is 12.3 Å². The molecule has 0 bridgehead atoms. The predicted octanol–water partition coefficient (Wildman–Crippen LogP) is 1.71. The van der Waals surface area contributed by atoms with Gasteiger partial charge in [-0.3, -0.25) is 4.68 Å². The minimum atomic E-state index is -0.274. The Hall–Kier alpha value is -0.480. The van der Waals surface area contributed by atoms with E-state index in [1.165, 1.54) is 0 Å². The van der Waals surface area contributed by atoms with Crippen LogP contribution < -0.4 is 0 Å². The molecule has 0 saturated heterocycles. The van der Waals surface area contributed by atoms with Crippen LogP contribution in [0.25, 0.3) is 0 Å². The second-order valence-corrected chi connectivity index (χ2v) is 5.34. The lowest BCUT2D eigenvalue weighted by molar-refractivity contribution is 0.198. The van der Waals surface area contributed by atoms with Crippen LogP contribution in [0, 0.1) is 5.92 Å². The molecule has 0 radical (unpaired) electrons. The van der Waals surface area contributed by atoms with Crippen molar-refractivity contribution in [3.8, 4) is 0 Å². The van der Waals surface area contributed by atoms with Gasteiger partial charge >= 0.3 is 0 Å². The molecule has 0 aliphatic heterocycles. The summed E-state index contributed by atoms with van der Waals surface area (Å²) in [5.74, 6) is 2.60. The Balaban J connectivity index is 2.21. The zero-order valence-electron chi connectivity index (χ0n) is 9.68. The van der Waals surface area contributed by atoms with Gasteiger partial charge in [-0.25, -0.2) is 0 Å². The molecule has 1 atom stereocenters. The van der Waals surface area contributed by atoms with Gasteiger partial charge in [0.1, 0.15) is 0 Å². The van der Waals surface area contributed by atoms with Crippen molar-refractivity contribution in [1.82, 2.24) is 9.78 Å². The molecule has 1 aromatic heterocycles. The lowest BCUT2D eigenvalue weighted by Gasteiger charge is -2.09. The molecule has 0 spiro atoms. The first-order valence-electron chi connectivity index (χ1n) is 5.32. The Labute approximate surface area is 95.9 Å². The number of nitrogens with zero attached hydrogens (tertiary/aromatic N) is 2. The van der Waals surface area contributed by atoms with E-state index in [-0.39, 0.29) is 6.10 Å². The second kappa shape index (κ2) is 6.18. The second-order valence-electron chi connectivity index (χ2n) is 4.27. The summed E-state index contributed by atoms with van der Waals surface area (Å²) < 4.78 is 1.77. The van der Waals surface area contributed by atoms with Crippen LogP contribution in [0.15, 0.2) is 12.3 Å². The van der Waals surface area contributed by atoms with Gasteiger partial charge in [0.15, 0.2) is 0 Å². The van der Waals surface area contributed by atoms with E-state index in [1.54, 1.807) is 4.68 Å². The Bertz CT molecular complexity index is 286. The zero-order valence-corrected chi connectivity index (χ0v) is 10.5. The highest BCUT2D eigenvalue weighted by atomic mass is 32.2. The third-order valence-corrected chi connectivity index (χ3v) is 3.50. The topological polar surface area (TPSA) is 38.0 Å². The number of rotatable bonds is 6. The van der Waals surface area contributed by atoms with Crippen LogP contribution in [0.5, 0.6) is 0 Å². The molecule has 0 amide bonds. The highest BCUT2D eigenvalue weighted by Gasteiger charge is 2.08. The highest BCUT2D eigenvalue weighted by molar-refractivity contribution is 7.99. The average molecular weight is 228 g/mol. The highest BCUT2D eigenvalue weighted by Crippen LogP contribution is 2.11. The van der Waals surface area contributed by atoms with Crippen molar-refractivity contribution in [3.63, 3.8) is 0 Å². The maximum Gasteiger partial charge on any atom is 0.0686 e.